The SMILES string of the molecule is Brc1cccc(-c2nc(-c3ccccc3)nc(-c3ccccc3)n2)c1.[C-]#[N+]c1ccc(-c2c(-c3cccc(-c4nc(-c5ccccc5)nc(-c5ccccc5)n4)c3)ccc3sc4ccccc4c23)cc1.[C-]#[N+]c1ccc(-c2c(B3OC(C)(C)C(C)(C)O3)ccc3sc4ccccc4c23)cc1. The third-order valence-electron chi connectivity index (χ3n) is 18.1. The van der Waals surface area contributed by atoms with Gasteiger partial charge in [0.1, 0.15) is 0 Å². The van der Waals surface area contributed by atoms with Crippen molar-refractivity contribution in [3.05, 3.63) is 318 Å². The average Bonchev–Trinajstić information content (AvgIpc) is 1.57. The smallest absolute Gasteiger partial charge is 0.399 e. The van der Waals surface area contributed by atoms with E-state index in [1.54, 1.807) is 22.7 Å². The van der Waals surface area contributed by atoms with Crippen LogP contribution >= 0.6 is 38.6 Å². The number of fused-ring (bicyclic) bond motifs is 6. The molecule has 0 unspecified atom stereocenters. The van der Waals surface area contributed by atoms with Crippen molar-refractivity contribution in [1.82, 2.24) is 29.9 Å². The van der Waals surface area contributed by atoms with Gasteiger partial charge >= 0.3 is 7.12 Å². The van der Waals surface area contributed by atoms with Crippen molar-refractivity contribution in [1.29, 1.82) is 0 Å². The van der Waals surface area contributed by atoms with Gasteiger partial charge in [-0.3, -0.25) is 0 Å². The van der Waals surface area contributed by atoms with Crippen LogP contribution in [0.4, 0.5) is 11.4 Å². The molecule has 0 bridgehead atoms. The van der Waals surface area contributed by atoms with Crippen LogP contribution in [0.2, 0.25) is 0 Å². The first kappa shape index (κ1) is 64.5. The van der Waals surface area contributed by atoms with Crippen molar-refractivity contribution < 1.29 is 9.31 Å². The molecule has 0 aliphatic carbocycles. The Labute approximate surface area is 597 Å². The number of hydrogen-bond acceptors (Lipinski definition) is 10. The Balaban J connectivity index is 0.000000129. The van der Waals surface area contributed by atoms with Crippen LogP contribution in [-0.2, 0) is 9.31 Å². The lowest BCUT2D eigenvalue weighted by atomic mass is 9.73. The molecule has 10 nitrogen and oxygen atoms in total. The molecular formula is C86H60BBrN8O2S2. The van der Waals surface area contributed by atoms with Gasteiger partial charge in [-0.2, -0.15) is 0 Å². The van der Waals surface area contributed by atoms with E-state index in [2.05, 4.69) is 167 Å². The summed E-state index contributed by atoms with van der Waals surface area (Å²) < 4.78 is 18.8. The number of halogens is 1. The van der Waals surface area contributed by atoms with Crippen LogP contribution in [0.1, 0.15) is 27.7 Å². The molecule has 0 radical (unpaired) electrons. The molecule has 5 heterocycles. The number of aromatic nitrogens is 6. The van der Waals surface area contributed by atoms with Crippen molar-refractivity contribution in [2.24, 2.45) is 0 Å². The Morgan fingerprint density at radius 1 is 0.330 bits per heavy atom. The molecule has 0 atom stereocenters. The van der Waals surface area contributed by atoms with E-state index >= 15 is 0 Å². The van der Waals surface area contributed by atoms with Crippen LogP contribution in [0, 0.1) is 13.1 Å². The van der Waals surface area contributed by atoms with Gasteiger partial charge in [0.2, 0.25) is 0 Å². The minimum Gasteiger partial charge on any atom is -0.399 e. The lowest BCUT2D eigenvalue weighted by molar-refractivity contribution is 0.00578. The highest BCUT2D eigenvalue weighted by Gasteiger charge is 2.52. The molecule has 100 heavy (non-hydrogen) atoms. The van der Waals surface area contributed by atoms with Gasteiger partial charge in [0.15, 0.2) is 46.3 Å². The maximum Gasteiger partial charge on any atom is 0.495 e. The summed E-state index contributed by atoms with van der Waals surface area (Å²) in [5.74, 6) is 3.89. The molecule has 0 spiro atoms. The zero-order chi connectivity index (χ0) is 68.3. The van der Waals surface area contributed by atoms with Gasteiger partial charge < -0.3 is 9.31 Å². The van der Waals surface area contributed by atoms with Gasteiger partial charge in [-0.1, -0.05) is 265 Å². The normalized spacial score (nSPS) is 12.9. The Morgan fingerprint density at radius 2 is 0.680 bits per heavy atom. The summed E-state index contributed by atoms with van der Waals surface area (Å²) in [7, 11) is -0.450. The van der Waals surface area contributed by atoms with Crippen molar-refractivity contribution >= 4 is 103 Å². The molecule has 17 rings (SSSR count). The first-order valence-electron chi connectivity index (χ1n) is 32.7. The minimum atomic E-state index is -0.450. The van der Waals surface area contributed by atoms with Crippen LogP contribution in [-0.4, -0.2) is 48.2 Å². The van der Waals surface area contributed by atoms with Crippen molar-refractivity contribution in [3.63, 3.8) is 0 Å². The van der Waals surface area contributed by atoms with Gasteiger partial charge in [-0.15, -0.1) is 22.7 Å². The predicted molar refractivity (Wildman–Crippen MR) is 417 cm³/mol. The van der Waals surface area contributed by atoms with Gasteiger partial charge in [-0.05, 0) is 109 Å². The lowest BCUT2D eigenvalue weighted by Gasteiger charge is -2.32. The summed E-state index contributed by atoms with van der Waals surface area (Å²) >= 11 is 7.12. The van der Waals surface area contributed by atoms with Crippen LogP contribution in [0.15, 0.2) is 296 Å². The number of hydrogen-bond donors (Lipinski definition) is 0. The Hall–Kier alpha value is -11.5. The molecule has 12 aromatic carbocycles. The highest BCUT2D eigenvalue weighted by atomic mass is 79.9. The molecule has 4 aromatic heterocycles. The maximum absolute atomic E-state index is 7.47. The number of benzene rings is 12. The molecule has 14 heteroatoms. The number of thiophene rings is 2. The molecule has 1 aliphatic heterocycles. The molecule has 16 aromatic rings. The van der Waals surface area contributed by atoms with Crippen LogP contribution in [0.3, 0.4) is 0 Å². The maximum atomic E-state index is 7.47. The van der Waals surface area contributed by atoms with E-state index in [-0.39, 0.29) is 0 Å². The second kappa shape index (κ2) is 27.8. The van der Waals surface area contributed by atoms with Crippen LogP contribution in [0.25, 0.3) is 152 Å². The first-order chi connectivity index (χ1) is 48.8. The van der Waals surface area contributed by atoms with Crippen molar-refractivity contribution in [2.75, 3.05) is 0 Å². The summed E-state index contributed by atoms with van der Waals surface area (Å²) in [5, 5.41) is 4.92. The summed E-state index contributed by atoms with van der Waals surface area (Å²) in [4.78, 5) is 36.1. The van der Waals surface area contributed by atoms with E-state index in [1.807, 2.05) is 182 Å². The van der Waals surface area contributed by atoms with Crippen molar-refractivity contribution in [2.45, 2.75) is 38.9 Å². The summed E-state index contributed by atoms with van der Waals surface area (Å²) in [6.45, 7) is 23.1. The molecule has 1 fully saturated rings. The van der Waals surface area contributed by atoms with E-state index in [0.717, 1.165) is 76.7 Å². The van der Waals surface area contributed by atoms with E-state index in [4.69, 9.17) is 47.4 Å². The fourth-order valence-electron chi connectivity index (χ4n) is 12.4. The Bertz CT molecular complexity index is 5650. The average molecular weight is 1390 g/mol. The van der Waals surface area contributed by atoms with Gasteiger partial charge in [0.05, 0.1) is 24.3 Å². The number of nitrogens with zero attached hydrogens (tertiary/aromatic N) is 8. The molecule has 1 saturated heterocycles. The van der Waals surface area contributed by atoms with Crippen LogP contribution < -0.4 is 5.46 Å². The second-order valence-corrected chi connectivity index (χ2v) is 28.1. The zero-order valence-electron chi connectivity index (χ0n) is 54.9. The van der Waals surface area contributed by atoms with E-state index < -0.39 is 18.3 Å². The Kier molecular flexibility index (Phi) is 17.9. The standard InChI is InChI=1S/C40H24N4S.C25H22BNO2S.C21H14BrN3/c1-41-31-21-19-26(20-22-31)36-32(23-24-35-37(36)33-17-8-9-18-34(33)45-35)29-15-10-16-30(25-29)40-43-38(27-11-4-2-5-12-27)42-39(44-40)28-13-6-3-7-14-28;1-24(2)25(3,4)29-26(28-24)19-14-15-21-23(18-8-6-7-9-20(18)30-21)22(19)16-10-12-17(27-5)13-11-16;22-18-13-7-12-17(14-18)21-24-19(15-8-3-1-4-9-15)23-20(25-21)16-10-5-2-6-11-16/h2-25H;6-15H,1-4H3;1-14H. The highest BCUT2D eigenvalue weighted by molar-refractivity contribution is 9.10. The summed E-state index contributed by atoms with van der Waals surface area (Å²) in [6, 6.07) is 98.0. The quantitative estimate of drug-likeness (QED) is 0.0985. The largest absolute Gasteiger partial charge is 0.495 e. The number of rotatable bonds is 10. The zero-order valence-corrected chi connectivity index (χ0v) is 58.1. The lowest BCUT2D eigenvalue weighted by Crippen LogP contribution is -2.41. The highest BCUT2D eigenvalue weighted by Crippen LogP contribution is 2.47. The topological polar surface area (TPSA) is 105 Å². The third-order valence-corrected chi connectivity index (χ3v) is 20.9. The molecule has 0 saturated carbocycles. The van der Waals surface area contributed by atoms with E-state index in [0.29, 0.717) is 46.3 Å². The minimum absolute atomic E-state index is 0.408. The first-order valence-corrected chi connectivity index (χ1v) is 35.1. The second-order valence-electron chi connectivity index (χ2n) is 25.0. The summed E-state index contributed by atoms with van der Waals surface area (Å²) in [6.07, 6.45) is 0. The molecule has 478 valence electrons. The summed E-state index contributed by atoms with van der Waals surface area (Å²) in [5.41, 5.74) is 13.8. The predicted octanol–water partition coefficient (Wildman–Crippen LogP) is 23.3. The fourth-order valence-corrected chi connectivity index (χ4v) is 15.0. The van der Waals surface area contributed by atoms with Crippen LogP contribution in [0.5, 0.6) is 0 Å². The van der Waals surface area contributed by atoms with Crippen molar-refractivity contribution in [3.8, 4) is 102 Å². The van der Waals surface area contributed by atoms with E-state index in [9.17, 15) is 0 Å². The monoisotopic (exact) mass is 1390 g/mol. The van der Waals surface area contributed by atoms with Gasteiger partial charge in [0.25, 0.3) is 0 Å². The molecule has 1 aliphatic rings. The Morgan fingerprint density at radius 3 is 1.11 bits per heavy atom. The third kappa shape index (κ3) is 13.1. The van der Waals surface area contributed by atoms with Gasteiger partial charge in [0, 0.05) is 78.2 Å². The molecule has 0 N–H and O–H groups in total. The molecular weight excluding hydrogens is 1330 g/mol. The van der Waals surface area contributed by atoms with Gasteiger partial charge in [-0.25, -0.2) is 39.6 Å². The van der Waals surface area contributed by atoms with E-state index in [1.165, 1.54) is 40.3 Å². The molecule has 0 amide bonds. The fraction of sp³-hybridized carbons (Fsp3) is 0.0698.